The molecule has 1 aromatic carbocycles. The summed E-state index contributed by atoms with van der Waals surface area (Å²) in [5, 5.41) is 16.6. The van der Waals surface area contributed by atoms with Crippen LogP contribution in [0.2, 0.25) is 0 Å². The van der Waals surface area contributed by atoms with E-state index in [4.69, 9.17) is 15.2 Å². The van der Waals surface area contributed by atoms with E-state index < -0.39 is 0 Å². The Morgan fingerprint density at radius 3 is 2.89 bits per heavy atom. The summed E-state index contributed by atoms with van der Waals surface area (Å²) in [4.78, 5) is 0. The number of fused-ring (bicyclic) bond motifs is 1. The van der Waals surface area contributed by atoms with Crippen LogP contribution in [0.5, 0.6) is 17.2 Å². The number of hydrogen-bond donors (Lipinski definition) is 3. The molecule has 0 atom stereocenters. The van der Waals surface area contributed by atoms with Gasteiger partial charge in [-0.1, -0.05) is 0 Å². The first-order chi connectivity index (χ1) is 8.75. The minimum Gasteiger partial charge on any atom is -0.507 e. The summed E-state index contributed by atoms with van der Waals surface area (Å²) in [5.41, 5.74) is 6.71. The van der Waals surface area contributed by atoms with Gasteiger partial charge >= 0.3 is 0 Å². The zero-order chi connectivity index (χ0) is 12.5. The molecule has 3 rings (SSSR count). The highest BCUT2D eigenvalue weighted by molar-refractivity contribution is 5.78. The summed E-state index contributed by atoms with van der Waals surface area (Å²) in [6.07, 6.45) is 0.806. The molecule has 1 aromatic heterocycles. The quantitative estimate of drug-likeness (QED) is 0.710. The molecule has 0 saturated carbocycles. The number of phenolic OH excluding ortho intramolecular Hbond substituents is 1. The van der Waals surface area contributed by atoms with Crippen molar-refractivity contribution < 1.29 is 14.6 Å². The Bertz CT molecular complexity index is 580. The molecule has 0 saturated heterocycles. The summed E-state index contributed by atoms with van der Waals surface area (Å²) in [6, 6.07) is 4.91. The van der Waals surface area contributed by atoms with Gasteiger partial charge in [-0.15, -0.1) is 0 Å². The Balaban J connectivity index is 2.18. The number of hydrogen-bond acceptors (Lipinski definition) is 5. The molecule has 0 bridgehead atoms. The van der Waals surface area contributed by atoms with Gasteiger partial charge in [0.05, 0.1) is 24.5 Å². The molecule has 2 aromatic rings. The largest absolute Gasteiger partial charge is 0.507 e. The number of nitrogen functional groups attached to an aromatic ring is 1. The molecule has 0 amide bonds. The van der Waals surface area contributed by atoms with Crippen LogP contribution in [0.25, 0.3) is 11.3 Å². The molecule has 6 heteroatoms. The van der Waals surface area contributed by atoms with Crippen molar-refractivity contribution in [1.82, 2.24) is 10.2 Å². The number of aromatic hydroxyl groups is 1. The summed E-state index contributed by atoms with van der Waals surface area (Å²) in [6.45, 7) is 1.15. The fraction of sp³-hybridized carbons (Fsp3) is 0.250. The number of rotatable bonds is 1. The SMILES string of the molecule is Nc1cc(-c2c(O)ccc3c2OCCCO3)[nH]n1. The average Bonchev–Trinajstić information content (AvgIpc) is 2.63. The molecule has 1 aliphatic heterocycles. The zero-order valence-corrected chi connectivity index (χ0v) is 9.64. The number of aromatic nitrogens is 2. The molecular weight excluding hydrogens is 234 g/mol. The Hall–Kier alpha value is -2.37. The van der Waals surface area contributed by atoms with Crippen LogP contribution in [0.3, 0.4) is 0 Å². The molecule has 0 unspecified atom stereocenters. The third-order valence-corrected chi connectivity index (χ3v) is 2.76. The van der Waals surface area contributed by atoms with Crippen LogP contribution in [-0.2, 0) is 0 Å². The van der Waals surface area contributed by atoms with Gasteiger partial charge in [-0.2, -0.15) is 5.10 Å². The lowest BCUT2D eigenvalue weighted by Gasteiger charge is -2.12. The predicted octanol–water partition coefficient (Wildman–Crippen LogP) is 1.53. The smallest absolute Gasteiger partial charge is 0.174 e. The van der Waals surface area contributed by atoms with E-state index in [9.17, 15) is 5.11 Å². The second kappa shape index (κ2) is 4.14. The maximum Gasteiger partial charge on any atom is 0.174 e. The summed E-state index contributed by atoms with van der Waals surface area (Å²) < 4.78 is 11.2. The van der Waals surface area contributed by atoms with Gasteiger partial charge in [-0.3, -0.25) is 5.10 Å². The standard InChI is InChI=1S/C12H13N3O3/c13-10-6-7(14-15-10)11-8(16)2-3-9-12(11)18-5-1-4-17-9/h2-3,6,16H,1,4-5H2,(H3,13,14,15). The Labute approximate surface area is 103 Å². The van der Waals surface area contributed by atoms with Gasteiger partial charge in [0.2, 0.25) is 0 Å². The van der Waals surface area contributed by atoms with Crippen LogP contribution in [0, 0.1) is 0 Å². The van der Waals surface area contributed by atoms with Crippen molar-refractivity contribution in [3.8, 4) is 28.5 Å². The highest BCUT2D eigenvalue weighted by atomic mass is 16.5. The lowest BCUT2D eigenvalue weighted by molar-refractivity contribution is 0.297. The third-order valence-electron chi connectivity index (χ3n) is 2.76. The van der Waals surface area contributed by atoms with E-state index in [-0.39, 0.29) is 5.75 Å². The number of nitrogens with two attached hydrogens (primary N) is 1. The molecule has 0 fully saturated rings. The molecule has 18 heavy (non-hydrogen) atoms. The van der Waals surface area contributed by atoms with Gasteiger partial charge in [0.15, 0.2) is 11.5 Å². The first-order valence-electron chi connectivity index (χ1n) is 5.68. The highest BCUT2D eigenvalue weighted by Crippen LogP contribution is 2.44. The van der Waals surface area contributed by atoms with Gasteiger partial charge in [0, 0.05) is 12.5 Å². The van der Waals surface area contributed by atoms with E-state index >= 15 is 0 Å². The maximum atomic E-state index is 10.00. The van der Waals surface area contributed by atoms with E-state index in [1.165, 1.54) is 0 Å². The number of nitrogens with zero attached hydrogens (tertiary/aromatic N) is 1. The van der Waals surface area contributed by atoms with Crippen molar-refractivity contribution in [2.24, 2.45) is 0 Å². The van der Waals surface area contributed by atoms with Crippen molar-refractivity contribution in [3.63, 3.8) is 0 Å². The third kappa shape index (κ3) is 1.71. The highest BCUT2D eigenvalue weighted by Gasteiger charge is 2.20. The van der Waals surface area contributed by atoms with Crippen LogP contribution >= 0.6 is 0 Å². The minimum atomic E-state index is 0.0999. The maximum absolute atomic E-state index is 10.00. The summed E-state index contributed by atoms with van der Waals surface area (Å²) in [5.74, 6) is 1.60. The predicted molar refractivity (Wildman–Crippen MR) is 65.7 cm³/mol. The van der Waals surface area contributed by atoms with E-state index in [0.29, 0.717) is 41.8 Å². The zero-order valence-electron chi connectivity index (χ0n) is 9.64. The molecule has 4 N–H and O–H groups in total. The van der Waals surface area contributed by atoms with Crippen molar-refractivity contribution in [2.45, 2.75) is 6.42 Å². The van der Waals surface area contributed by atoms with Crippen molar-refractivity contribution in [2.75, 3.05) is 18.9 Å². The van der Waals surface area contributed by atoms with Crippen LogP contribution in [0.4, 0.5) is 5.82 Å². The minimum absolute atomic E-state index is 0.0999. The lowest BCUT2D eigenvalue weighted by Crippen LogP contribution is -1.98. The number of aromatic amines is 1. The lowest BCUT2D eigenvalue weighted by atomic mass is 10.1. The van der Waals surface area contributed by atoms with Gasteiger partial charge in [0.25, 0.3) is 0 Å². The number of benzene rings is 1. The first-order valence-corrected chi connectivity index (χ1v) is 5.68. The molecule has 0 radical (unpaired) electrons. The Morgan fingerprint density at radius 1 is 1.28 bits per heavy atom. The van der Waals surface area contributed by atoms with E-state index in [1.54, 1.807) is 18.2 Å². The van der Waals surface area contributed by atoms with Crippen LogP contribution < -0.4 is 15.2 Å². The van der Waals surface area contributed by atoms with E-state index in [0.717, 1.165) is 6.42 Å². The van der Waals surface area contributed by atoms with Gasteiger partial charge in [-0.05, 0) is 12.1 Å². The Kier molecular flexibility index (Phi) is 2.47. The van der Waals surface area contributed by atoms with Gasteiger partial charge < -0.3 is 20.3 Å². The topological polar surface area (TPSA) is 93.4 Å². The molecule has 0 aliphatic carbocycles. The van der Waals surface area contributed by atoms with Gasteiger partial charge in [0.1, 0.15) is 11.6 Å². The van der Waals surface area contributed by atoms with Crippen molar-refractivity contribution in [1.29, 1.82) is 0 Å². The van der Waals surface area contributed by atoms with Crippen molar-refractivity contribution in [3.05, 3.63) is 18.2 Å². The van der Waals surface area contributed by atoms with E-state index in [1.807, 2.05) is 0 Å². The molecule has 6 nitrogen and oxygen atoms in total. The number of ether oxygens (including phenoxy) is 2. The number of nitrogens with one attached hydrogen (secondary N) is 1. The fourth-order valence-corrected chi connectivity index (χ4v) is 1.95. The van der Waals surface area contributed by atoms with Crippen LogP contribution in [0.1, 0.15) is 6.42 Å². The molecule has 94 valence electrons. The average molecular weight is 247 g/mol. The second-order valence-electron chi connectivity index (χ2n) is 4.04. The normalized spacial score (nSPS) is 14.2. The Morgan fingerprint density at radius 2 is 2.11 bits per heavy atom. The molecule has 1 aliphatic rings. The molecular formula is C12H13N3O3. The van der Waals surface area contributed by atoms with Crippen LogP contribution in [-0.4, -0.2) is 28.5 Å². The van der Waals surface area contributed by atoms with Crippen LogP contribution in [0.15, 0.2) is 18.2 Å². The number of H-pyrrole nitrogens is 1. The monoisotopic (exact) mass is 247 g/mol. The molecule has 0 spiro atoms. The fourth-order valence-electron chi connectivity index (χ4n) is 1.95. The van der Waals surface area contributed by atoms with Gasteiger partial charge in [-0.25, -0.2) is 0 Å². The van der Waals surface area contributed by atoms with Crippen molar-refractivity contribution >= 4 is 5.82 Å². The molecule has 2 heterocycles. The summed E-state index contributed by atoms with van der Waals surface area (Å²) in [7, 11) is 0. The first kappa shape index (κ1) is 10.8. The second-order valence-corrected chi connectivity index (χ2v) is 4.04. The number of anilines is 1. The summed E-state index contributed by atoms with van der Waals surface area (Å²) >= 11 is 0. The number of phenols is 1. The van der Waals surface area contributed by atoms with E-state index in [2.05, 4.69) is 10.2 Å².